The molecule has 0 aliphatic rings. The summed E-state index contributed by atoms with van der Waals surface area (Å²) >= 11 is 1.32. The minimum Gasteiger partial charge on any atom is -0.494 e. The minimum atomic E-state index is -3.79. The minimum absolute atomic E-state index is 0.172. The Kier molecular flexibility index (Phi) is 5.75. The van der Waals surface area contributed by atoms with Crippen LogP contribution in [0.4, 0.5) is 0 Å². The molecule has 2 aromatic carbocycles. The molecule has 0 fully saturated rings. The second-order valence-electron chi connectivity index (χ2n) is 5.47. The quantitative estimate of drug-likeness (QED) is 0.620. The second-order valence-corrected chi connectivity index (χ2v) is 8.08. The lowest BCUT2D eigenvalue weighted by molar-refractivity contribution is 0.187. The number of aromatic nitrogens is 1. The number of nitrogens with zero attached hydrogens (tertiary/aromatic N) is 2. The van der Waals surface area contributed by atoms with Crippen LogP contribution >= 0.6 is 11.3 Å². The fraction of sp³-hybridized carbons (Fsp3) is 0.278. The molecular weight excluding hydrogens is 372 g/mol. The molecule has 8 heteroatoms. The molecule has 0 saturated heterocycles. The predicted molar refractivity (Wildman–Crippen MR) is 102 cm³/mol. The van der Waals surface area contributed by atoms with Crippen LogP contribution in [0.25, 0.3) is 10.2 Å². The van der Waals surface area contributed by atoms with Gasteiger partial charge in [-0.15, -0.1) is 4.40 Å². The smallest absolute Gasteiger partial charge is 0.285 e. The van der Waals surface area contributed by atoms with Gasteiger partial charge in [-0.05, 0) is 37.3 Å². The van der Waals surface area contributed by atoms with E-state index >= 15 is 0 Å². The van der Waals surface area contributed by atoms with Crippen molar-refractivity contribution in [3.8, 4) is 5.75 Å². The summed E-state index contributed by atoms with van der Waals surface area (Å²) in [5.41, 5.74) is 0.900. The Balaban J connectivity index is 2.17. The van der Waals surface area contributed by atoms with Crippen LogP contribution in [0.1, 0.15) is 6.92 Å². The zero-order valence-corrected chi connectivity index (χ0v) is 16.2. The van der Waals surface area contributed by atoms with Crippen LogP contribution in [0.3, 0.4) is 0 Å². The first-order valence-electron chi connectivity index (χ1n) is 8.16. The van der Waals surface area contributed by atoms with Gasteiger partial charge in [0.1, 0.15) is 5.75 Å². The average Bonchev–Trinajstić information content (AvgIpc) is 2.96. The normalized spacial score (nSPS) is 12.6. The number of hydrogen-bond donors (Lipinski definition) is 0. The topological polar surface area (TPSA) is 69.9 Å². The van der Waals surface area contributed by atoms with E-state index in [-0.39, 0.29) is 4.90 Å². The first-order valence-corrected chi connectivity index (χ1v) is 10.4. The van der Waals surface area contributed by atoms with Crippen LogP contribution in [0.5, 0.6) is 5.75 Å². The van der Waals surface area contributed by atoms with E-state index in [9.17, 15) is 8.42 Å². The summed E-state index contributed by atoms with van der Waals surface area (Å²) in [5.74, 6) is 0.748. The molecule has 1 heterocycles. The number of fused-ring (bicyclic) bond motifs is 1. The molecule has 3 aromatic rings. The van der Waals surface area contributed by atoms with E-state index in [2.05, 4.69) is 4.40 Å². The summed E-state index contributed by atoms with van der Waals surface area (Å²) in [5, 5.41) is 0. The predicted octanol–water partition coefficient (Wildman–Crippen LogP) is 3.04. The monoisotopic (exact) mass is 392 g/mol. The van der Waals surface area contributed by atoms with Crippen LogP contribution in [-0.2, 0) is 21.3 Å². The Morgan fingerprint density at radius 3 is 2.62 bits per heavy atom. The summed E-state index contributed by atoms with van der Waals surface area (Å²) in [7, 11) is -2.18. The maximum Gasteiger partial charge on any atom is 0.285 e. The maximum atomic E-state index is 12.6. The summed E-state index contributed by atoms with van der Waals surface area (Å²) < 4.78 is 42.8. The van der Waals surface area contributed by atoms with Gasteiger partial charge >= 0.3 is 0 Å². The van der Waals surface area contributed by atoms with Crippen molar-refractivity contribution >= 4 is 31.6 Å². The molecule has 0 radical (unpaired) electrons. The second kappa shape index (κ2) is 8.03. The van der Waals surface area contributed by atoms with Gasteiger partial charge in [0.05, 0.1) is 28.3 Å². The lowest BCUT2D eigenvalue weighted by atomic mass is 10.3. The third kappa shape index (κ3) is 3.98. The molecule has 0 spiro atoms. The molecule has 3 rings (SSSR count). The number of rotatable bonds is 7. The number of sulfonamides is 1. The number of methoxy groups -OCH3 is 1. The van der Waals surface area contributed by atoms with E-state index < -0.39 is 10.0 Å². The number of hydrogen-bond acceptors (Lipinski definition) is 5. The van der Waals surface area contributed by atoms with E-state index in [0.717, 1.165) is 16.0 Å². The van der Waals surface area contributed by atoms with Crippen molar-refractivity contribution in [3.63, 3.8) is 0 Å². The molecule has 0 aliphatic heterocycles. The van der Waals surface area contributed by atoms with E-state index in [1.165, 1.54) is 11.3 Å². The SMILES string of the molecule is CCOc1ccc2c(c1)sc(=NS(=O)(=O)c1ccccc1)n2CCOC. The number of thiazole rings is 1. The zero-order chi connectivity index (χ0) is 18.6. The molecule has 26 heavy (non-hydrogen) atoms. The van der Waals surface area contributed by atoms with Crippen LogP contribution in [0, 0.1) is 0 Å². The molecule has 1 aromatic heterocycles. The molecule has 6 nitrogen and oxygen atoms in total. The van der Waals surface area contributed by atoms with Gasteiger partial charge in [-0.25, -0.2) is 0 Å². The molecular formula is C18H20N2O4S2. The Morgan fingerprint density at radius 1 is 1.15 bits per heavy atom. The molecule has 0 amide bonds. The van der Waals surface area contributed by atoms with Crippen molar-refractivity contribution in [2.75, 3.05) is 20.3 Å². The highest BCUT2D eigenvalue weighted by Gasteiger charge is 2.14. The highest BCUT2D eigenvalue weighted by Crippen LogP contribution is 2.24. The molecule has 0 saturated carbocycles. The fourth-order valence-electron chi connectivity index (χ4n) is 2.53. The lowest BCUT2D eigenvalue weighted by Gasteiger charge is -2.06. The summed E-state index contributed by atoms with van der Waals surface area (Å²) in [6.07, 6.45) is 0. The van der Waals surface area contributed by atoms with Crippen LogP contribution < -0.4 is 9.54 Å². The summed E-state index contributed by atoms with van der Waals surface area (Å²) in [6, 6.07) is 13.9. The standard InChI is InChI=1S/C18H20N2O4S2/c1-3-24-14-9-10-16-17(13-14)25-18(20(16)11-12-23-2)19-26(21,22)15-7-5-4-6-8-15/h4-10,13H,3,11-12H2,1-2H3. The zero-order valence-electron chi connectivity index (χ0n) is 14.6. The molecule has 0 bridgehead atoms. The van der Waals surface area contributed by atoms with Gasteiger partial charge in [0.15, 0.2) is 0 Å². The van der Waals surface area contributed by atoms with Crippen molar-refractivity contribution < 1.29 is 17.9 Å². The van der Waals surface area contributed by atoms with E-state index in [4.69, 9.17) is 9.47 Å². The van der Waals surface area contributed by atoms with Gasteiger partial charge in [-0.3, -0.25) is 0 Å². The fourth-order valence-corrected chi connectivity index (χ4v) is 4.84. The van der Waals surface area contributed by atoms with Crippen molar-refractivity contribution in [2.24, 2.45) is 4.40 Å². The van der Waals surface area contributed by atoms with Gasteiger partial charge < -0.3 is 14.0 Å². The van der Waals surface area contributed by atoms with Crippen LogP contribution in [0.15, 0.2) is 57.8 Å². The third-order valence-electron chi connectivity index (χ3n) is 3.72. The van der Waals surface area contributed by atoms with Gasteiger partial charge in [0, 0.05) is 13.7 Å². The van der Waals surface area contributed by atoms with E-state index in [0.29, 0.717) is 24.6 Å². The number of ether oxygens (including phenoxy) is 2. The van der Waals surface area contributed by atoms with Gasteiger partial charge in [0.2, 0.25) is 4.80 Å². The first-order chi connectivity index (χ1) is 12.5. The van der Waals surface area contributed by atoms with Crippen molar-refractivity contribution in [3.05, 3.63) is 53.3 Å². The molecule has 0 N–H and O–H groups in total. The van der Waals surface area contributed by atoms with Crippen molar-refractivity contribution in [1.29, 1.82) is 0 Å². The summed E-state index contributed by atoms with van der Waals surface area (Å²) in [6.45, 7) is 3.45. The Morgan fingerprint density at radius 2 is 1.92 bits per heavy atom. The van der Waals surface area contributed by atoms with E-state index in [1.54, 1.807) is 37.4 Å². The van der Waals surface area contributed by atoms with Gasteiger partial charge in [-0.2, -0.15) is 8.42 Å². The number of benzene rings is 2. The van der Waals surface area contributed by atoms with Crippen LogP contribution in [0.2, 0.25) is 0 Å². The Hall–Kier alpha value is -2.16. The Labute approximate surface area is 156 Å². The van der Waals surface area contributed by atoms with E-state index in [1.807, 2.05) is 29.7 Å². The van der Waals surface area contributed by atoms with Crippen molar-refractivity contribution in [2.45, 2.75) is 18.4 Å². The highest BCUT2D eigenvalue weighted by molar-refractivity contribution is 7.90. The van der Waals surface area contributed by atoms with Gasteiger partial charge in [0.25, 0.3) is 10.0 Å². The third-order valence-corrected chi connectivity index (χ3v) is 6.16. The average molecular weight is 393 g/mol. The molecule has 0 atom stereocenters. The maximum absolute atomic E-state index is 12.6. The van der Waals surface area contributed by atoms with Gasteiger partial charge in [-0.1, -0.05) is 29.5 Å². The highest BCUT2D eigenvalue weighted by atomic mass is 32.2. The first kappa shape index (κ1) is 18.6. The molecule has 0 unspecified atom stereocenters. The Bertz CT molecular complexity index is 1050. The molecule has 138 valence electrons. The van der Waals surface area contributed by atoms with Crippen LogP contribution in [-0.4, -0.2) is 33.3 Å². The lowest BCUT2D eigenvalue weighted by Crippen LogP contribution is -2.19. The largest absolute Gasteiger partial charge is 0.494 e. The molecule has 0 aliphatic carbocycles. The van der Waals surface area contributed by atoms with Crippen molar-refractivity contribution in [1.82, 2.24) is 4.57 Å². The summed E-state index contributed by atoms with van der Waals surface area (Å²) in [4.78, 5) is 0.584.